The lowest BCUT2D eigenvalue weighted by atomic mass is 9.85. The maximum absolute atomic E-state index is 13.2. The van der Waals surface area contributed by atoms with E-state index in [0.29, 0.717) is 17.1 Å². The third-order valence-corrected chi connectivity index (χ3v) is 6.54. The molecule has 0 unspecified atom stereocenters. The first kappa shape index (κ1) is 22.8. The van der Waals surface area contributed by atoms with Crippen LogP contribution in [0.1, 0.15) is 31.9 Å². The topological polar surface area (TPSA) is 90.4 Å². The van der Waals surface area contributed by atoms with Crippen molar-refractivity contribution in [2.24, 2.45) is 0 Å². The number of ether oxygens (including phenoxy) is 2. The quantitative estimate of drug-likeness (QED) is 0.533. The molecular weight excluding hydrogens is 438 g/mol. The first-order chi connectivity index (χ1) is 14.5. The normalized spacial score (nSPS) is 11.8. The highest BCUT2D eigenvalue weighted by molar-refractivity contribution is 7.92. The smallest absolute Gasteiger partial charge is 0.264 e. The fourth-order valence-electron chi connectivity index (χ4n) is 3.05. The number of anilines is 1. The lowest BCUT2D eigenvalue weighted by Crippen LogP contribution is -2.19. The molecule has 9 heteroatoms. The van der Waals surface area contributed by atoms with E-state index in [0.717, 1.165) is 5.56 Å². The van der Waals surface area contributed by atoms with E-state index >= 15 is 0 Å². The third kappa shape index (κ3) is 5.08. The average Bonchev–Trinajstić information content (AvgIpc) is 2.69. The predicted octanol–water partition coefficient (Wildman–Crippen LogP) is 5.34. The highest BCUT2D eigenvalue weighted by Gasteiger charge is 2.30. The van der Waals surface area contributed by atoms with Crippen LogP contribution in [0.5, 0.6) is 17.2 Å². The number of rotatable bonds is 6. The fraction of sp³-hybridized carbons (Fsp3) is 0.273. The molecule has 0 saturated carbocycles. The number of nitrogens with zero attached hydrogens (tertiary/aromatic N) is 2. The first-order valence-corrected chi connectivity index (χ1v) is 11.3. The molecule has 3 aromatic rings. The summed E-state index contributed by atoms with van der Waals surface area (Å²) in [6, 6.07) is 10.3. The Morgan fingerprint density at radius 3 is 2.42 bits per heavy atom. The highest BCUT2D eigenvalue weighted by atomic mass is 35.5. The molecule has 1 aromatic heterocycles. The molecule has 7 nitrogen and oxygen atoms in total. The van der Waals surface area contributed by atoms with Crippen molar-refractivity contribution in [2.75, 3.05) is 11.8 Å². The molecule has 0 atom stereocenters. The van der Waals surface area contributed by atoms with Gasteiger partial charge >= 0.3 is 0 Å². The lowest BCUT2D eigenvalue weighted by Gasteiger charge is -2.26. The minimum atomic E-state index is -4.04. The molecule has 164 valence electrons. The summed E-state index contributed by atoms with van der Waals surface area (Å²) in [5.74, 6) is 1.50. The van der Waals surface area contributed by atoms with Gasteiger partial charge in [-0.05, 0) is 36.1 Å². The van der Waals surface area contributed by atoms with Crippen LogP contribution in [0, 0.1) is 6.92 Å². The number of sulfonamides is 1. The summed E-state index contributed by atoms with van der Waals surface area (Å²) in [7, 11) is -2.48. The summed E-state index contributed by atoms with van der Waals surface area (Å²) < 4.78 is 40.2. The Morgan fingerprint density at radius 2 is 1.81 bits per heavy atom. The van der Waals surface area contributed by atoms with Gasteiger partial charge in [0.15, 0.2) is 5.75 Å². The van der Waals surface area contributed by atoms with E-state index in [1.807, 2.05) is 20.8 Å². The molecule has 0 aliphatic rings. The molecule has 3 rings (SSSR count). The largest absolute Gasteiger partial charge is 0.497 e. The van der Waals surface area contributed by atoms with Gasteiger partial charge in [0, 0.05) is 17.8 Å². The number of aryl methyl sites for hydroxylation is 1. The van der Waals surface area contributed by atoms with Gasteiger partial charge in [-0.1, -0.05) is 44.5 Å². The zero-order valence-corrected chi connectivity index (χ0v) is 19.5. The van der Waals surface area contributed by atoms with Crippen molar-refractivity contribution >= 4 is 27.4 Å². The van der Waals surface area contributed by atoms with Crippen molar-refractivity contribution in [3.05, 3.63) is 65.1 Å². The fourth-order valence-corrected chi connectivity index (χ4v) is 4.95. The van der Waals surface area contributed by atoms with E-state index in [2.05, 4.69) is 14.7 Å². The maximum Gasteiger partial charge on any atom is 0.264 e. The summed E-state index contributed by atoms with van der Waals surface area (Å²) in [5, 5.41) is -0.00528. The van der Waals surface area contributed by atoms with E-state index in [1.165, 1.54) is 18.6 Å². The van der Waals surface area contributed by atoms with E-state index in [4.69, 9.17) is 21.1 Å². The molecule has 0 bridgehead atoms. The number of hydrogen-bond donors (Lipinski definition) is 1. The van der Waals surface area contributed by atoms with Crippen LogP contribution in [0.2, 0.25) is 5.02 Å². The molecule has 0 spiro atoms. The zero-order valence-electron chi connectivity index (χ0n) is 17.9. The summed E-state index contributed by atoms with van der Waals surface area (Å²) in [5.41, 5.74) is 0.915. The number of halogens is 1. The summed E-state index contributed by atoms with van der Waals surface area (Å²) >= 11 is 6.69. The minimum Gasteiger partial charge on any atom is -0.497 e. The molecule has 1 heterocycles. The number of benzene rings is 2. The molecule has 0 amide bonds. The van der Waals surface area contributed by atoms with Gasteiger partial charge in [-0.15, -0.1) is 0 Å². The van der Waals surface area contributed by atoms with E-state index in [9.17, 15) is 8.42 Å². The van der Waals surface area contributed by atoms with Crippen molar-refractivity contribution in [1.82, 2.24) is 9.97 Å². The van der Waals surface area contributed by atoms with Crippen LogP contribution >= 0.6 is 11.6 Å². The van der Waals surface area contributed by atoms with Gasteiger partial charge in [-0.3, -0.25) is 4.72 Å². The molecule has 0 radical (unpaired) electrons. The van der Waals surface area contributed by atoms with Crippen LogP contribution in [0.4, 0.5) is 5.82 Å². The van der Waals surface area contributed by atoms with Crippen LogP contribution < -0.4 is 14.2 Å². The van der Waals surface area contributed by atoms with Crippen molar-refractivity contribution in [2.45, 2.75) is 38.0 Å². The second kappa shape index (κ2) is 8.72. The van der Waals surface area contributed by atoms with Crippen molar-refractivity contribution in [1.29, 1.82) is 0 Å². The first-order valence-electron chi connectivity index (χ1n) is 9.47. The van der Waals surface area contributed by atoms with Gasteiger partial charge < -0.3 is 9.47 Å². The number of nitrogens with one attached hydrogen (secondary N) is 1. The van der Waals surface area contributed by atoms with Crippen molar-refractivity contribution < 1.29 is 17.9 Å². The molecule has 0 fully saturated rings. The van der Waals surface area contributed by atoms with Gasteiger partial charge in [0.25, 0.3) is 10.0 Å². The minimum absolute atomic E-state index is 0.00528. The monoisotopic (exact) mass is 461 g/mol. The van der Waals surface area contributed by atoms with Gasteiger partial charge in [0.1, 0.15) is 33.6 Å². The lowest BCUT2D eigenvalue weighted by molar-refractivity contribution is 0.407. The molecule has 0 aliphatic carbocycles. The van der Waals surface area contributed by atoms with Crippen LogP contribution in [0.3, 0.4) is 0 Å². The molecule has 0 aliphatic heterocycles. The van der Waals surface area contributed by atoms with Gasteiger partial charge in [0.05, 0.1) is 7.11 Å². The standard InChI is InChI=1S/C22H24ClN3O4S/c1-14-11-17(22(2,3)4)20(30-16-8-6-7-15(12-16)29-5)19(23)21(14)31(27,28)26-18-9-10-24-13-25-18/h6-13H,1-5H3,(H,24,25,26). The van der Waals surface area contributed by atoms with Gasteiger partial charge in [0.2, 0.25) is 0 Å². The molecule has 0 saturated heterocycles. The highest BCUT2D eigenvalue weighted by Crippen LogP contribution is 2.44. The van der Waals surface area contributed by atoms with Crippen molar-refractivity contribution in [3.63, 3.8) is 0 Å². The summed E-state index contributed by atoms with van der Waals surface area (Å²) in [6.07, 6.45) is 2.70. The van der Waals surface area contributed by atoms with E-state index in [-0.39, 0.29) is 26.9 Å². The zero-order chi connectivity index (χ0) is 22.8. The number of hydrogen-bond acceptors (Lipinski definition) is 6. The predicted molar refractivity (Wildman–Crippen MR) is 121 cm³/mol. The SMILES string of the molecule is COc1cccc(Oc2c(C(C)(C)C)cc(C)c(S(=O)(=O)Nc3ccncn3)c2Cl)c1. The van der Waals surface area contributed by atoms with Gasteiger partial charge in [-0.2, -0.15) is 0 Å². The maximum atomic E-state index is 13.2. The van der Waals surface area contributed by atoms with Crippen LogP contribution in [0.15, 0.2) is 53.8 Å². The third-order valence-electron chi connectivity index (χ3n) is 4.52. The second-order valence-electron chi connectivity index (χ2n) is 7.94. The van der Waals surface area contributed by atoms with Crippen LogP contribution in [-0.4, -0.2) is 25.5 Å². The van der Waals surface area contributed by atoms with Gasteiger partial charge in [-0.25, -0.2) is 18.4 Å². The molecular formula is C22H24ClN3O4S. The van der Waals surface area contributed by atoms with Crippen LogP contribution in [-0.2, 0) is 15.4 Å². The number of aromatic nitrogens is 2. The Labute approximate surface area is 187 Å². The molecule has 2 aromatic carbocycles. The van der Waals surface area contributed by atoms with Crippen molar-refractivity contribution in [3.8, 4) is 17.2 Å². The van der Waals surface area contributed by atoms with E-state index < -0.39 is 10.0 Å². The summed E-state index contributed by atoms with van der Waals surface area (Å²) in [4.78, 5) is 7.65. The Kier molecular flexibility index (Phi) is 6.43. The molecule has 1 N–H and O–H groups in total. The number of methoxy groups -OCH3 is 1. The second-order valence-corrected chi connectivity index (χ2v) is 9.94. The molecule has 31 heavy (non-hydrogen) atoms. The Balaban J connectivity index is 2.16. The van der Waals surface area contributed by atoms with Crippen LogP contribution in [0.25, 0.3) is 0 Å². The Hall–Kier alpha value is -2.84. The summed E-state index contributed by atoms with van der Waals surface area (Å²) in [6.45, 7) is 7.71. The Bertz CT molecular complexity index is 1190. The van der Waals surface area contributed by atoms with E-state index in [1.54, 1.807) is 44.4 Å². The average molecular weight is 462 g/mol. The Morgan fingerprint density at radius 1 is 1.10 bits per heavy atom.